The van der Waals surface area contributed by atoms with Crippen molar-refractivity contribution >= 4 is 28.5 Å². The Balaban J connectivity index is 1.71. The number of benzene rings is 2. The highest BCUT2D eigenvalue weighted by molar-refractivity contribution is 7.14. The van der Waals surface area contributed by atoms with Crippen LogP contribution >= 0.6 is 11.3 Å². The number of nitrogens with zero attached hydrogens (tertiary/aromatic N) is 2. The number of thiazole rings is 1. The molecule has 0 aliphatic heterocycles. The Labute approximate surface area is 151 Å². The van der Waals surface area contributed by atoms with E-state index >= 15 is 0 Å². The lowest BCUT2D eigenvalue weighted by Crippen LogP contribution is -1.94. The number of nitrogen functional groups attached to an aromatic ring is 1. The van der Waals surface area contributed by atoms with Crippen LogP contribution in [0, 0.1) is 0 Å². The highest BCUT2D eigenvalue weighted by Crippen LogP contribution is 2.26. The Hall–Kier alpha value is -2.86. The van der Waals surface area contributed by atoms with Crippen LogP contribution < -0.4 is 15.9 Å². The molecule has 0 unspecified atom stereocenters. The smallest absolute Gasteiger partial charge is 0.205 e. The maximum atomic E-state index is 6.00. The van der Waals surface area contributed by atoms with E-state index in [0.717, 1.165) is 17.1 Å². The molecule has 3 N–H and O–H groups in total. The normalized spacial score (nSPS) is 11.2. The summed E-state index contributed by atoms with van der Waals surface area (Å²) in [7, 11) is 0. The van der Waals surface area contributed by atoms with Gasteiger partial charge in [-0.2, -0.15) is 5.10 Å². The molecule has 6 heteroatoms. The van der Waals surface area contributed by atoms with Gasteiger partial charge >= 0.3 is 0 Å². The molecule has 0 saturated heterocycles. The van der Waals surface area contributed by atoms with E-state index in [-0.39, 0.29) is 0 Å². The number of hydrogen-bond acceptors (Lipinski definition) is 6. The molecule has 0 spiro atoms. The molecule has 3 aromatic rings. The Morgan fingerprint density at radius 3 is 2.60 bits per heavy atom. The van der Waals surface area contributed by atoms with Crippen LogP contribution in [0.25, 0.3) is 0 Å². The van der Waals surface area contributed by atoms with E-state index in [2.05, 4.69) is 41.5 Å². The third-order valence-electron chi connectivity index (χ3n) is 3.58. The van der Waals surface area contributed by atoms with Gasteiger partial charge in [-0.05, 0) is 35.7 Å². The summed E-state index contributed by atoms with van der Waals surface area (Å²) < 4.78 is 6.00. The van der Waals surface area contributed by atoms with Crippen molar-refractivity contribution in [3.8, 4) is 11.5 Å². The topological polar surface area (TPSA) is 72.5 Å². The van der Waals surface area contributed by atoms with Crippen LogP contribution in [0.5, 0.6) is 11.5 Å². The second-order valence-electron chi connectivity index (χ2n) is 5.81. The standard InChI is InChI=1S/C19H20N4OS/c1-13(2)14-7-9-16(10-8-14)24-17-6-4-3-5-15(17)11-21-23-19-22-18(20)12-25-19/h3-13H,20H2,1-2H3,(H,22,23). The molecule has 1 aromatic heterocycles. The van der Waals surface area contributed by atoms with Gasteiger partial charge in [0.25, 0.3) is 0 Å². The van der Waals surface area contributed by atoms with Gasteiger partial charge in [0, 0.05) is 10.9 Å². The first-order chi connectivity index (χ1) is 12.1. The van der Waals surface area contributed by atoms with E-state index in [9.17, 15) is 0 Å². The maximum Gasteiger partial charge on any atom is 0.205 e. The average Bonchev–Trinajstić information content (AvgIpc) is 3.02. The summed E-state index contributed by atoms with van der Waals surface area (Å²) >= 11 is 1.40. The van der Waals surface area contributed by atoms with E-state index in [1.807, 2.05) is 36.4 Å². The van der Waals surface area contributed by atoms with Crippen molar-refractivity contribution in [1.29, 1.82) is 0 Å². The fourth-order valence-corrected chi connectivity index (χ4v) is 2.77. The number of ether oxygens (including phenoxy) is 1. The van der Waals surface area contributed by atoms with Gasteiger partial charge < -0.3 is 10.5 Å². The third-order valence-corrected chi connectivity index (χ3v) is 4.34. The van der Waals surface area contributed by atoms with Crippen molar-refractivity contribution in [2.24, 2.45) is 5.10 Å². The molecule has 3 rings (SSSR count). The summed E-state index contributed by atoms with van der Waals surface area (Å²) in [5.41, 5.74) is 10.6. The van der Waals surface area contributed by atoms with Crippen molar-refractivity contribution in [3.05, 3.63) is 65.0 Å². The van der Waals surface area contributed by atoms with Gasteiger partial charge in [-0.1, -0.05) is 38.1 Å². The van der Waals surface area contributed by atoms with Crippen LogP contribution in [-0.2, 0) is 0 Å². The van der Waals surface area contributed by atoms with Crippen molar-refractivity contribution in [3.63, 3.8) is 0 Å². The predicted molar refractivity (Wildman–Crippen MR) is 105 cm³/mol. The number of hydrazone groups is 1. The highest BCUT2D eigenvalue weighted by Gasteiger charge is 2.04. The summed E-state index contributed by atoms with van der Waals surface area (Å²) in [6.07, 6.45) is 1.70. The SMILES string of the molecule is CC(C)c1ccc(Oc2ccccc2C=NNc2nc(N)cs2)cc1. The molecular formula is C19H20N4OS. The minimum atomic E-state index is 0.483. The van der Waals surface area contributed by atoms with Crippen LogP contribution in [0.3, 0.4) is 0 Å². The lowest BCUT2D eigenvalue weighted by molar-refractivity contribution is 0.481. The van der Waals surface area contributed by atoms with E-state index < -0.39 is 0 Å². The first-order valence-corrected chi connectivity index (χ1v) is 8.86. The number of nitrogens with one attached hydrogen (secondary N) is 1. The molecule has 0 fully saturated rings. The van der Waals surface area contributed by atoms with Crippen LogP contribution in [0.15, 0.2) is 59.0 Å². The molecule has 0 atom stereocenters. The van der Waals surface area contributed by atoms with Crippen molar-refractivity contribution in [1.82, 2.24) is 4.98 Å². The molecule has 25 heavy (non-hydrogen) atoms. The number of para-hydroxylation sites is 1. The molecule has 0 saturated carbocycles. The van der Waals surface area contributed by atoms with Gasteiger partial charge in [-0.25, -0.2) is 4.98 Å². The van der Waals surface area contributed by atoms with Crippen LogP contribution in [0.2, 0.25) is 0 Å². The number of rotatable bonds is 6. The minimum absolute atomic E-state index is 0.483. The van der Waals surface area contributed by atoms with Crippen molar-refractivity contribution in [2.75, 3.05) is 11.2 Å². The van der Waals surface area contributed by atoms with Crippen LogP contribution in [0.4, 0.5) is 10.9 Å². The summed E-state index contributed by atoms with van der Waals surface area (Å²) in [5.74, 6) is 2.52. The fourth-order valence-electron chi connectivity index (χ4n) is 2.22. The molecule has 128 valence electrons. The first-order valence-electron chi connectivity index (χ1n) is 7.99. The van der Waals surface area contributed by atoms with Gasteiger partial charge in [0.05, 0.1) is 6.21 Å². The van der Waals surface area contributed by atoms with Crippen LogP contribution in [0.1, 0.15) is 30.9 Å². The molecule has 0 aliphatic carbocycles. The Morgan fingerprint density at radius 2 is 1.92 bits per heavy atom. The van der Waals surface area contributed by atoms with Gasteiger partial charge in [0.1, 0.15) is 17.3 Å². The van der Waals surface area contributed by atoms with Gasteiger partial charge in [-0.3, -0.25) is 5.43 Å². The third kappa shape index (κ3) is 4.58. The molecule has 5 nitrogen and oxygen atoms in total. The van der Waals surface area contributed by atoms with Gasteiger partial charge in [-0.15, -0.1) is 11.3 Å². The maximum absolute atomic E-state index is 6.00. The lowest BCUT2D eigenvalue weighted by Gasteiger charge is -2.10. The quantitative estimate of drug-likeness (QED) is 0.479. The number of anilines is 2. The van der Waals surface area contributed by atoms with E-state index in [1.165, 1.54) is 16.9 Å². The zero-order chi connectivity index (χ0) is 17.6. The second kappa shape index (κ2) is 7.81. The summed E-state index contributed by atoms with van der Waals surface area (Å²) in [4.78, 5) is 4.09. The van der Waals surface area contributed by atoms with Crippen molar-refractivity contribution in [2.45, 2.75) is 19.8 Å². The Bertz CT molecular complexity index is 856. The molecule has 0 radical (unpaired) electrons. The fraction of sp³-hybridized carbons (Fsp3) is 0.158. The molecule has 0 aliphatic rings. The number of hydrogen-bond donors (Lipinski definition) is 2. The predicted octanol–water partition coefficient (Wildman–Crippen LogP) is 5.09. The summed E-state index contributed by atoms with van der Waals surface area (Å²) in [6.45, 7) is 4.34. The first kappa shape index (κ1) is 17.0. The average molecular weight is 352 g/mol. The second-order valence-corrected chi connectivity index (χ2v) is 6.67. The Kier molecular flexibility index (Phi) is 5.30. The monoisotopic (exact) mass is 352 g/mol. The molecule has 2 aromatic carbocycles. The van der Waals surface area contributed by atoms with Crippen LogP contribution in [-0.4, -0.2) is 11.2 Å². The van der Waals surface area contributed by atoms with Gasteiger partial charge in [0.2, 0.25) is 5.13 Å². The van der Waals surface area contributed by atoms with Crippen molar-refractivity contribution < 1.29 is 4.74 Å². The van der Waals surface area contributed by atoms with E-state index in [4.69, 9.17) is 10.5 Å². The number of nitrogens with two attached hydrogens (primary N) is 1. The molecule has 0 amide bonds. The lowest BCUT2D eigenvalue weighted by atomic mass is 10.0. The van der Waals surface area contributed by atoms with E-state index in [1.54, 1.807) is 11.6 Å². The summed E-state index contributed by atoms with van der Waals surface area (Å²) in [6, 6.07) is 15.9. The largest absolute Gasteiger partial charge is 0.457 e. The minimum Gasteiger partial charge on any atom is -0.457 e. The summed E-state index contributed by atoms with van der Waals surface area (Å²) in [5, 5.41) is 6.61. The zero-order valence-electron chi connectivity index (χ0n) is 14.1. The van der Waals surface area contributed by atoms with E-state index in [0.29, 0.717) is 16.9 Å². The van der Waals surface area contributed by atoms with Gasteiger partial charge in [0.15, 0.2) is 0 Å². The molecule has 1 heterocycles. The zero-order valence-corrected chi connectivity index (χ0v) is 15.0. The molecular weight excluding hydrogens is 332 g/mol. The highest BCUT2D eigenvalue weighted by atomic mass is 32.1. The Morgan fingerprint density at radius 1 is 1.16 bits per heavy atom. The molecule has 0 bridgehead atoms. The number of aromatic nitrogens is 1.